The van der Waals surface area contributed by atoms with E-state index < -0.39 is 11.5 Å². The van der Waals surface area contributed by atoms with Crippen molar-refractivity contribution in [1.82, 2.24) is 4.98 Å². The second-order valence-corrected chi connectivity index (χ2v) is 4.98. The van der Waals surface area contributed by atoms with E-state index in [9.17, 15) is 9.59 Å². The Balaban J connectivity index is 2.30. The summed E-state index contributed by atoms with van der Waals surface area (Å²) >= 11 is 0. The Hall–Kier alpha value is -2.56. The topological polar surface area (TPSA) is 71.2 Å². The Morgan fingerprint density at radius 3 is 2.62 bits per heavy atom. The van der Waals surface area contributed by atoms with Gasteiger partial charge in [0.15, 0.2) is 0 Å². The molecule has 1 heterocycles. The van der Waals surface area contributed by atoms with E-state index in [4.69, 9.17) is 4.74 Å². The highest BCUT2D eigenvalue weighted by atomic mass is 16.5. The van der Waals surface area contributed by atoms with Crippen LogP contribution in [0.1, 0.15) is 29.8 Å². The summed E-state index contributed by atoms with van der Waals surface area (Å²) in [6.07, 6.45) is 1.51. The van der Waals surface area contributed by atoms with Gasteiger partial charge in [0, 0.05) is 6.20 Å². The lowest BCUT2D eigenvalue weighted by atomic mass is 10.1. The molecule has 21 heavy (non-hydrogen) atoms. The first-order valence-corrected chi connectivity index (χ1v) is 6.74. The van der Waals surface area contributed by atoms with Crippen molar-refractivity contribution < 1.29 is 9.53 Å². The monoisotopic (exact) mass is 286 g/mol. The van der Waals surface area contributed by atoms with Crippen LogP contribution in [-0.2, 0) is 0 Å². The number of hydrogen-bond acceptors (Lipinski definition) is 3. The van der Waals surface area contributed by atoms with Crippen LogP contribution in [0.15, 0.2) is 41.3 Å². The number of amides is 1. The highest BCUT2D eigenvalue weighted by Crippen LogP contribution is 2.25. The van der Waals surface area contributed by atoms with Crippen LogP contribution in [0, 0.1) is 6.92 Å². The average Bonchev–Trinajstić information content (AvgIpc) is 2.40. The van der Waals surface area contributed by atoms with Crippen molar-refractivity contribution in [3.05, 3.63) is 58.0 Å². The third kappa shape index (κ3) is 3.51. The zero-order valence-electron chi connectivity index (χ0n) is 12.3. The van der Waals surface area contributed by atoms with Crippen molar-refractivity contribution in [1.29, 1.82) is 0 Å². The molecule has 1 aromatic carbocycles. The maximum atomic E-state index is 12.3. The number of pyridine rings is 1. The molecule has 0 aliphatic rings. The predicted molar refractivity (Wildman–Crippen MR) is 82.0 cm³/mol. The van der Waals surface area contributed by atoms with Gasteiger partial charge in [-0.1, -0.05) is 12.1 Å². The molecule has 2 rings (SSSR count). The van der Waals surface area contributed by atoms with E-state index in [1.807, 2.05) is 19.9 Å². The Morgan fingerprint density at radius 2 is 1.95 bits per heavy atom. The molecule has 110 valence electrons. The number of aromatic amines is 1. The number of anilines is 1. The predicted octanol–water partition coefficient (Wildman–Crippen LogP) is 2.72. The summed E-state index contributed by atoms with van der Waals surface area (Å²) in [6.45, 7) is 5.54. The summed E-state index contributed by atoms with van der Waals surface area (Å²) in [6, 6.07) is 8.82. The molecule has 0 unspecified atom stereocenters. The van der Waals surface area contributed by atoms with Crippen LogP contribution >= 0.6 is 0 Å². The lowest BCUT2D eigenvalue weighted by Gasteiger charge is -2.15. The molecule has 0 atom stereocenters. The van der Waals surface area contributed by atoms with E-state index in [-0.39, 0.29) is 11.7 Å². The van der Waals surface area contributed by atoms with E-state index in [0.29, 0.717) is 17.0 Å². The second-order valence-electron chi connectivity index (χ2n) is 4.98. The van der Waals surface area contributed by atoms with Gasteiger partial charge in [-0.3, -0.25) is 9.59 Å². The summed E-state index contributed by atoms with van der Waals surface area (Å²) in [5.74, 6) is 0.125. The molecule has 0 radical (unpaired) electrons. The van der Waals surface area contributed by atoms with Gasteiger partial charge in [0.05, 0.1) is 11.8 Å². The molecule has 0 aliphatic carbocycles. The Labute approximate surface area is 123 Å². The summed E-state index contributed by atoms with van der Waals surface area (Å²) in [5, 5.41) is 2.73. The standard InChI is InChI=1S/C16H18N2O3/c1-10(2)21-13-7-5-4-6-12(13)18-16(20)14-11(3)8-9-17-15(14)19/h4-10H,1-3H3,(H,17,19)(H,18,20). The van der Waals surface area contributed by atoms with Crippen molar-refractivity contribution in [2.24, 2.45) is 0 Å². The molecule has 0 aliphatic heterocycles. The van der Waals surface area contributed by atoms with E-state index in [1.54, 1.807) is 31.2 Å². The number of aromatic nitrogens is 1. The molecule has 0 fully saturated rings. The van der Waals surface area contributed by atoms with E-state index >= 15 is 0 Å². The van der Waals surface area contributed by atoms with Crippen LogP contribution in [0.5, 0.6) is 5.75 Å². The quantitative estimate of drug-likeness (QED) is 0.907. The molecule has 0 saturated carbocycles. The molecule has 0 spiro atoms. The molecular formula is C16H18N2O3. The first kappa shape index (κ1) is 14.8. The molecule has 5 nitrogen and oxygen atoms in total. The smallest absolute Gasteiger partial charge is 0.261 e. The summed E-state index contributed by atoms with van der Waals surface area (Å²) in [5.41, 5.74) is 0.865. The minimum Gasteiger partial charge on any atom is -0.489 e. The first-order chi connectivity index (χ1) is 9.99. The summed E-state index contributed by atoms with van der Waals surface area (Å²) in [4.78, 5) is 26.6. The molecule has 2 N–H and O–H groups in total. The minimum atomic E-state index is -0.450. The number of aryl methyl sites for hydroxylation is 1. The third-order valence-electron chi connectivity index (χ3n) is 2.89. The van der Waals surface area contributed by atoms with Gasteiger partial charge >= 0.3 is 0 Å². The summed E-state index contributed by atoms with van der Waals surface area (Å²) < 4.78 is 5.64. The molecular weight excluding hydrogens is 268 g/mol. The van der Waals surface area contributed by atoms with Crippen molar-refractivity contribution in [3.8, 4) is 5.75 Å². The first-order valence-electron chi connectivity index (χ1n) is 6.74. The SMILES string of the molecule is Cc1cc[nH]c(=O)c1C(=O)Nc1ccccc1OC(C)C. The lowest BCUT2D eigenvalue weighted by molar-refractivity contribution is 0.102. The number of carbonyl (C=O) groups is 1. The molecule has 2 aromatic rings. The number of benzene rings is 1. The molecule has 5 heteroatoms. The van der Waals surface area contributed by atoms with Gasteiger partial charge in [0.25, 0.3) is 11.5 Å². The number of hydrogen-bond donors (Lipinski definition) is 2. The fourth-order valence-corrected chi connectivity index (χ4v) is 1.97. The third-order valence-corrected chi connectivity index (χ3v) is 2.89. The number of carbonyl (C=O) groups excluding carboxylic acids is 1. The van der Waals surface area contributed by atoms with Crippen molar-refractivity contribution in [2.45, 2.75) is 26.9 Å². The van der Waals surface area contributed by atoms with Gasteiger partial charge in [-0.2, -0.15) is 0 Å². The highest BCUT2D eigenvalue weighted by molar-refractivity contribution is 6.05. The Morgan fingerprint density at radius 1 is 1.24 bits per heavy atom. The fourth-order valence-electron chi connectivity index (χ4n) is 1.97. The number of nitrogens with one attached hydrogen (secondary N) is 2. The zero-order valence-corrected chi connectivity index (χ0v) is 12.3. The highest BCUT2D eigenvalue weighted by Gasteiger charge is 2.15. The van der Waals surface area contributed by atoms with Gasteiger partial charge in [0.2, 0.25) is 0 Å². The van der Waals surface area contributed by atoms with Crippen molar-refractivity contribution in [3.63, 3.8) is 0 Å². The minimum absolute atomic E-state index is 0.00934. The molecule has 1 aromatic heterocycles. The second kappa shape index (κ2) is 6.26. The van der Waals surface area contributed by atoms with E-state index in [2.05, 4.69) is 10.3 Å². The normalized spacial score (nSPS) is 10.5. The number of para-hydroxylation sites is 2. The van der Waals surface area contributed by atoms with Gasteiger partial charge < -0.3 is 15.0 Å². The van der Waals surface area contributed by atoms with Crippen LogP contribution in [0.4, 0.5) is 5.69 Å². The van der Waals surface area contributed by atoms with Gasteiger partial charge in [-0.15, -0.1) is 0 Å². The molecule has 0 saturated heterocycles. The Bertz CT molecular complexity index is 705. The largest absolute Gasteiger partial charge is 0.489 e. The van der Waals surface area contributed by atoms with Gasteiger partial charge in [-0.05, 0) is 44.5 Å². The molecule has 0 bridgehead atoms. The number of ether oxygens (including phenoxy) is 1. The van der Waals surface area contributed by atoms with E-state index in [1.165, 1.54) is 6.20 Å². The maximum Gasteiger partial charge on any atom is 0.261 e. The fraction of sp³-hybridized carbons (Fsp3) is 0.250. The van der Waals surface area contributed by atoms with Crippen molar-refractivity contribution in [2.75, 3.05) is 5.32 Å². The van der Waals surface area contributed by atoms with Crippen molar-refractivity contribution >= 4 is 11.6 Å². The molecule has 1 amide bonds. The van der Waals surface area contributed by atoms with Crippen LogP contribution in [0.25, 0.3) is 0 Å². The van der Waals surface area contributed by atoms with Gasteiger partial charge in [0.1, 0.15) is 11.3 Å². The lowest BCUT2D eigenvalue weighted by Crippen LogP contribution is -2.24. The van der Waals surface area contributed by atoms with Crippen LogP contribution in [0.2, 0.25) is 0 Å². The van der Waals surface area contributed by atoms with Crippen LogP contribution < -0.4 is 15.6 Å². The average molecular weight is 286 g/mol. The number of rotatable bonds is 4. The Kier molecular flexibility index (Phi) is 4.42. The zero-order chi connectivity index (χ0) is 15.4. The van der Waals surface area contributed by atoms with Gasteiger partial charge in [-0.25, -0.2) is 0 Å². The summed E-state index contributed by atoms with van der Waals surface area (Å²) in [7, 11) is 0. The number of H-pyrrole nitrogens is 1. The van der Waals surface area contributed by atoms with Crippen LogP contribution in [-0.4, -0.2) is 17.0 Å². The maximum absolute atomic E-state index is 12.3. The van der Waals surface area contributed by atoms with Crippen LogP contribution in [0.3, 0.4) is 0 Å². The van der Waals surface area contributed by atoms with E-state index in [0.717, 1.165) is 0 Å².